The van der Waals surface area contributed by atoms with Crippen molar-refractivity contribution in [2.24, 2.45) is 0 Å². The molecule has 66 valence electrons. The van der Waals surface area contributed by atoms with Crippen LogP contribution in [-0.4, -0.2) is 16.9 Å². The molecular formula is C10H7ClO2. The zero-order valence-corrected chi connectivity index (χ0v) is 7.54. The van der Waals surface area contributed by atoms with Crippen molar-refractivity contribution >= 4 is 23.2 Å². The van der Waals surface area contributed by atoms with E-state index in [1.54, 1.807) is 24.3 Å². The van der Waals surface area contributed by atoms with E-state index in [-0.39, 0.29) is 18.0 Å². The number of alkyl halides is 1. The zero-order chi connectivity index (χ0) is 9.42. The maximum absolute atomic E-state index is 11.5. The van der Waals surface area contributed by atoms with Crippen LogP contribution in [0, 0.1) is 0 Å². The minimum absolute atomic E-state index is 0.0461. The molecule has 1 aliphatic carbocycles. The predicted octanol–water partition coefficient (Wildman–Crippen LogP) is 2.06. The first-order valence-corrected chi connectivity index (χ1v) is 4.44. The van der Waals surface area contributed by atoms with Gasteiger partial charge < -0.3 is 0 Å². The molecule has 1 aliphatic rings. The predicted molar refractivity (Wildman–Crippen MR) is 49.4 cm³/mol. The Balaban J connectivity index is 2.60. The van der Waals surface area contributed by atoms with Gasteiger partial charge in [-0.1, -0.05) is 24.3 Å². The van der Waals surface area contributed by atoms with Gasteiger partial charge in [-0.3, -0.25) is 9.59 Å². The molecule has 0 aromatic heterocycles. The van der Waals surface area contributed by atoms with Crippen LogP contribution in [0.4, 0.5) is 0 Å². The van der Waals surface area contributed by atoms with Gasteiger partial charge in [0.05, 0.1) is 0 Å². The average molecular weight is 195 g/mol. The highest BCUT2D eigenvalue weighted by Crippen LogP contribution is 2.24. The molecule has 1 aromatic rings. The Morgan fingerprint density at radius 2 is 1.77 bits per heavy atom. The molecule has 0 radical (unpaired) electrons. The fourth-order valence-corrected chi connectivity index (χ4v) is 1.73. The molecule has 0 amide bonds. The van der Waals surface area contributed by atoms with Crippen LogP contribution in [0.3, 0.4) is 0 Å². The van der Waals surface area contributed by atoms with E-state index in [1.165, 1.54) is 0 Å². The molecule has 0 fully saturated rings. The second kappa shape index (κ2) is 2.96. The van der Waals surface area contributed by atoms with Crippen molar-refractivity contribution in [1.29, 1.82) is 0 Å². The highest BCUT2D eigenvalue weighted by molar-refractivity contribution is 6.38. The lowest BCUT2D eigenvalue weighted by Crippen LogP contribution is -2.27. The molecule has 3 heteroatoms. The topological polar surface area (TPSA) is 34.1 Å². The lowest BCUT2D eigenvalue weighted by atomic mass is 9.89. The van der Waals surface area contributed by atoms with Crippen LogP contribution in [0.1, 0.15) is 27.1 Å². The number of ketones is 2. The van der Waals surface area contributed by atoms with E-state index in [0.29, 0.717) is 11.1 Å². The van der Waals surface area contributed by atoms with Crippen molar-refractivity contribution < 1.29 is 9.59 Å². The molecule has 0 bridgehead atoms. The van der Waals surface area contributed by atoms with Crippen LogP contribution >= 0.6 is 11.6 Å². The van der Waals surface area contributed by atoms with Crippen molar-refractivity contribution in [3.8, 4) is 0 Å². The minimum atomic E-state index is -0.678. The van der Waals surface area contributed by atoms with Crippen LogP contribution in [0.15, 0.2) is 24.3 Å². The molecule has 1 aromatic carbocycles. The first kappa shape index (κ1) is 8.45. The summed E-state index contributed by atoms with van der Waals surface area (Å²) in [7, 11) is 0. The molecule has 0 heterocycles. The largest absolute Gasteiger partial charge is 0.294 e. The number of Topliss-reactive ketones (excluding diaryl/α,β-unsaturated/α-hetero) is 2. The summed E-state index contributed by atoms with van der Waals surface area (Å²) in [5.74, 6) is -0.188. The number of hydrogen-bond donors (Lipinski definition) is 0. The SMILES string of the molecule is O=C1C[C@H](Cl)C(=O)c2ccccc21. The number of benzene rings is 1. The van der Waals surface area contributed by atoms with Crippen LogP contribution in [0.5, 0.6) is 0 Å². The monoisotopic (exact) mass is 194 g/mol. The third kappa shape index (κ3) is 1.27. The van der Waals surface area contributed by atoms with Crippen molar-refractivity contribution in [2.75, 3.05) is 0 Å². The first-order valence-electron chi connectivity index (χ1n) is 4.00. The maximum atomic E-state index is 11.5. The molecule has 2 rings (SSSR count). The highest BCUT2D eigenvalue weighted by Gasteiger charge is 2.30. The normalized spacial score (nSPS) is 21.5. The molecule has 2 nitrogen and oxygen atoms in total. The average Bonchev–Trinajstić information content (AvgIpc) is 2.15. The van der Waals surface area contributed by atoms with Gasteiger partial charge in [0.1, 0.15) is 5.38 Å². The van der Waals surface area contributed by atoms with Crippen molar-refractivity contribution in [3.05, 3.63) is 35.4 Å². The van der Waals surface area contributed by atoms with Crippen LogP contribution in [-0.2, 0) is 0 Å². The van der Waals surface area contributed by atoms with Gasteiger partial charge in [0, 0.05) is 17.5 Å². The summed E-state index contributed by atoms with van der Waals surface area (Å²) in [4.78, 5) is 22.9. The molecular weight excluding hydrogens is 188 g/mol. The van der Waals surface area contributed by atoms with Gasteiger partial charge in [0.25, 0.3) is 0 Å². The van der Waals surface area contributed by atoms with Gasteiger partial charge in [-0.05, 0) is 0 Å². The Morgan fingerprint density at radius 1 is 1.15 bits per heavy atom. The molecule has 13 heavy (non-hydrogen) atoms. The van der Waals surface area contributed by atoms with Gasteiger partial charge in [0.2, 0.25) is 0 Å². The van der Waals surface area contributed by atoms with Crippen LogP contribution in [0.2, 0.25) is 0 Å². The van der Waals surface area contributed by atoms with E-state index in [2.05, 4.69) is 0 Å². The highest BCUT2D eigenvalue weighted by atomic mass is 35.5. The minimum Gasteiger partial charge on any atom is -0.294 e. The summed E-state index contributed by atoms with van der Waals surface area (Å²) >= 11 is 5.72. The fraction of sp³-hybridized carbons (Fsp3) is 0.200. The number of fused-ring (bicyclic) bond motifs is 1. The lowest BCUT2D eigenvalue weighted by Gasteiger charge is -2.16. The van der Waals surface area contributed by atoms with E-state index in [0.717, 1.165) is 0 Å². The van der Waals surface area contributed by atoms with Crippen LogP contribution in [0.25, 0.3) is 0 Å². The maximum Gasteiger partial charge on any atom is 0.181 e. The number of rotatable bonds is 0. The van der Waals surface area contributed by atoms with E-state index < -0.39 is 5.38 Å². The second-order valence-corrected chi connectivity index (χ2v) is 3.53. The fourth-order valence-electron chi connectivity index (χ4n) is 1.48. The summed E-state index contributed by atoms with van der Waals surface area (Å²) in [5.41, 5.74) is 0.961. The Kier molecular flexibility index (Phi) is 1.93. The van der Waals surface area contributed by atoms with Gasteiger partial charge in [-0.25, -0.2) is 0 Å². The molecule has 0 saturated carbocycles. The van der Waals surface area contributed by atoms with Gasteiger partial charge in [0.15, 0.2) is 11.6 Å². The lowest BCUT2D eigenvalue weighted by molar-refractivity contribution is 0.0895. The van der Waals surface area contributed by atoms with E-state index >= 15 is 0 Å². The van der Waals surface area contributed by atoms with Crippen molar-refractivity contribution in [3.63, 3.8) is 0 Å². The smallest absolute Gasteiger partial charge is 0.181 e. The molecule has 0 N–H and O–H groups in total. The number of halogens is 1. The molecule has 0 aliphatic heterocycles. The molecule has 1 atom stereocenters. The Morgan fingerprint density at radius 3 is 2.46 bits per heavy atom. The van der Waals surface area contributed by atoms with Gasteiger partial charge in [-0.15, -0.1) is 11.6 Å². The van der Waals surface area contributed by atoms with Crippen molar-refractivity contribution in [1.82, 2.24) is 0 Å². The third-order valence-electron chi connectivity index (χ3n) is 2.14. The Hall–Kier alpha value is -1.15. The summed E-state index contributed by atoms with van der Waals surface area (Å²) in [6.07, 6.45) is 0.122. The molecule has 0 spiro atoms. The van der Waals surface area contributed by atoms with E-state index in [4.69, 9.17) is 11.6 Å². The number of carbonyl (C=O) groups excluding carboxylic acids is 2. The molecule has 0 unspecified atom stereocenters. The van der Waals surface area contributed by atoms with Crippen molar-refractivity contribution in [2.45, 2.75) is 11.8 Å². The summed E-state index contributed by atoms with van der Waals surface area (Å²) < 4.78 is 0. The zero-order valence-electron chi connectivity index (χ0n) is 6.79. The quantitative estimate of drug-likeness (QED) is 0.593. The summed E-state index contributed by atoms with van der Waals surface area (Å²) in [6, 6.07) is 6.79. The summed E-state index contributed by atoms with van der Waals surface area (Å²) in [6.45, 7) is 0. The van der Waals surface area contributed by atoms with E-state index in [1.807, 2.05) is 0 Å². The van der Waals surface area contributed by atoms with Gasteiger partial charge in [-0.2, -0.15) is 0 Å². The number of hydrogen-bond acceptors (Lipinski definition) is 2. The standard InChI is InChI=1S/C10H7ClO2/c11-8-5-9(12)6-3-1-2-4-7(6)10(8)13/h1-4,8H,5H2/t8-/m0/s1. The second-order valence-electron chi connectivity index (χ2n) is 3.00. The first-order chi connectivity index (χ1) is 6.20. The van der Waals surface area contributed by atoms with E-state index in [9.17, 15) is 9.59 Å². The Bertz CT molecular complexity index is 384. The number of carbonyl (C=O) groups is 2. The third-order valence-corrected chi connectivity index (χ3v) is 2.49. The van der Waals surface area contributed by atoms with Gasteiger partial charge >= 0.3 is 0 Å². The Labute approximate surface area is 80.5 Å². The summed E-state index contributed by atoms with van der Waals surface area (Å²) in [5, 5.41) is -0.678. The van der Waals surface area contributed by atoms with Crippen LogP contribution < -0.4 is 0 Å². The molecule has 0 saturated heterocycles.